The van der Waals surface area contributed by atoms with Crippen molar-refractivity contribution in [2.45, 2.75) is 30.3 Å². The zero-order valence-corrected chi connectivity index (χ0v) is 13.0. The Balaban J connectivity index is 2.90. The van der Waals surface area contributed by atoms with Crippen molar-refractivity contribution >= 4 is 21.4 Å². The van der Waals surface area contributed by atoms with Crippen LogP contribution in [0.4, 0.5) is 13.2 Å². The molecule has 1 N–H and O–H groups in total. The van der Waals surface area contributed by atoms with Gasteiger partial charge >= 0.3 is 6.18 Å². The lowest BCUT2D eigenvalue weighted by Crippen LogP contribution is -2.30. The second-order valence-electron chi connectivity index (χ2n) is 4.39. The van der Waals surface area contributed by atoms with Gasteiger partial charge < -0.3 is 5.32 Å². The molecule has 116 valence electrons. The molecule has 9 heteroatoms. The van der Waals surface area contributed by atoms with E-state index in [1.54, 1.807) is 14.0 Å². The van der Waals surface area contributed by atoms with Crippen molar-refractivity contribution in [2.75, 3.05) is 20.6 Å². The molecule has 0 aliphatic heterocycles. The predicted octanol–water partition coefficient (Wildman–Crippen LogP) is 2.35. The zero-order valence-electron chi connectivity index (χ0n) is 11.4. The summed E-state index contributed by atoms with van der Waals surface area (Å²) in [5.41, 5.74) is 0.812. The van der Waals surface area contributed by atoms with Crippen LogP contribution < -0.4 is 5.32 Å². The number of hydrogen-bond acceptors (Lipinski definition) is 4. The zero-order chi connectivity index (χ0) is 15.6. The molecule has 0 spiro atoms. The smallest absolute Gasteiger partial charge is 0.315 e. The van der Waals surface area contributed by atoms with Crippen LogP contribution in [-0.2, 0) is 16.6 Å². The van der Waals surface area contributed by atoms with E-state index >= 15 is 0 Å². The first kappa shape index (κ1) is 17.4. The van der Waals surface area contributed by atoms with Gasteiger partial charge in [0.05, 0.1) is 6.42 Å². The van der Waals surface area contributed by atoms with Gasteiger partial charge in [-0.05, 0) is 25.6 Å². The number of thiophene rings is 1. The van der Waals surface area contributed by atoms with Gasteiger partial charge in [0.25, 0.3) is 10.0 Å². The second kappa shape index (κ2) is 6.42. The van der Waals surface area contributed by atoms with Gasteiger partial charge in [0, 0.05) is 25.0 Å². The molecule has 0 fully saturated rings. The molecule has 0 aliphatic rings. The largest absolute Gasteiger partial charge is 0.390 e. The molecular weight excluding hydrogens is 313 g/mol. The fraction of sp³-hybridized carbons (Fsp3) is 0.636. The van der Waals surface area contributed by atoms with E-state index in [0.29, 0.717) is 6.54 Å². The van der Waals surface area contributed by atoms with Crippen LogP contribution in [-0.4, -0.2) is 39.5 Å². The summed E-state index contributed by atoms with van der Waals surface area (Å²) in [6.45, 7) is 1.72. The number of halogens is 3. The van der Waals surface area contributed by atoms with E-state index in [4.69, 9.17) is 0 Å². The lowest BCUT2D eigenvalue weighted by molar-refractivity contribution is -0.135. The van der Waals surface area contributed by atoms with Gasteiger partial charge in [-0.2, -0.15) is 17.5 Å². The normalized spacial score (nSPS) is 13.2. The fourth-order valence-corrected chi connectivity index (χ4v) is 4.49. The number of alkyl halides is 3. The van der Waals surface area contributed by atoms with Gasteiger partial charge in [-0.15, -0.1) is 11.3 Å². The molecule has 1 aromatic rings. The number of nitrogens with zero attached hydrogens (tertiary/aromatic N) is 1. The molecule has 0 unspecified atom stereocenters. The standard InChI is InChI=1S/C11H17F3N2O2S2/c1-8-6-10(19-9(8)7-15-2)20(17,18)16(3)5-4-11(12,13)14/h6,15H,4-5,7H2,1-3H3. The van der Waals surface area contributed by atoms with Crippen LogP contribution in [0, 0.1) is 6.92 Å². The highest BCUT2D eigenvalue weighted by Crippen LogP contribution is 2.29. The van der Waals surface area contributed by atoms with E-state index in [1.807, 2.05) is 0 Å². The van der Waals surface area contributed by atoms with Gasteiger partial charge in [0.2, 0.25) is 0 Å². The topological polar surface area (TPSA) is 49.4 Å². The Hall–Kier alpha value is -0.640. The van der Waals surface area contributed by atoms with Crippen molar-refractivity contribution in [1.29, 1.82) is 0 Å². The Bertz CT molecular complexity index is 553. The first-order valence-electron chi connectivity index (χ1n) is 5.85. The van der Waals surface area contributed by atoms with E-state index < -0.39 is 29.2 Å². The summed E-state index contributed by atoms with van der Waals surface area (Å²) >= 11 is 1.08. The third kappa shape index (κ3) is 4.44. The van der Waals surface area contributed by atoms with Crippen LogP contribution in [0.5, 0.6) is 0 Å². The molecule has 0 saturated carbocycles. The minimum absolute atomic E-state index is 0.0740. The number of sulfonamides is 1. The van der Waals surface area contributed by atoms with E-state index in [0.717, 1.165) is 33.1 Å². The van der Waals surface area contributed by atoms with Crippen LogP contribution in [0.1, 0.15) is 16.9 Å². The van der Waals surface area contributed by atoms with E-state index in [9.17, 15) is 21.6 Å². The molecule has 4 nitrogen and oxygen atoms in total. The lowest BCUT2D eigenvalue weighted by Gasteiger charge is -2.16. The Morgan fingerprint density at radius 1 is 1.40 bits per heavy atom. The quantitative estimate of drug-likeness (QED) is 0.871. The molecule has 0 bridgehead atoms. The summed E-state index contributed by atoms with van der Waals surface area (Å²) in [4.78, 5) is 0.857. The average Bonchev–Trinajstić information content (AvgIpc) is 2.68. The molecule has 0 amide bonds. The Kier molecular flexibility index (Phi) is 5.59. The molecule has 1 rings (SSSR count). The minimum Gasteiger partial charge on any atom is -0.315 e. The average molecular weight is 330 g/mol. The third-order valence-corrected chi connectivity index (χ3v) is 6.25. The van der Waals surface area contributed by atoms with Crippen LogP contribution in [0.2, 0.25) is 0 Å². The molecule has 0 aliphatic carbocycles. The number of rotatable bonds is 6. The second-order valence-corrected chi connectivity index (χ2v) is 7.80. The molecule has 0 aromatic carbocycles. The van der Waals surface area contributed by atoms with Gasteiger partial charge in [0.15, 0.2) is 0 Å². The Morgan fingerprint density at radius 3 is 2.50 bits per heavy atom. The highest BCUT2D eigenvalue weighted by atomic mass is 32.2. The summed E-state index contributed by atoms with van der Waals surface area (Å²) in [6.07, 6.45) is -5.52. The summed E-state index contributed by atoms with van der Waals surface area (Å²) in [5.74, 6) is 0. The van der Waals surface area contributed by atoms with Crippen molar-refractivity contribution in [3.05, 3.63) is 16.5 Å². The highest BCUT2D eigenvalue weighted by Gasteiger charge is 2.31. The third-order valence-electron chi connectivity index (χ3n) is 2.71. The summed E-state index contributed by atoms with van der Waals surface area (Å²) < 4.78 is 61.6. The maximum absolute atomic E-state index is 12.2. The van der Waals surface area contributed by atoms with Crippen molar-refractivity contribution in [3.8, 4) is 0 Å². The molecule has 0 radical (unpaired) electrons. The molecule has 1 aromatic heterocycles. The van der Waals surface area contributed by atoms with Gasteiger partial charge in [-0.25, -0.2) is 8.42 Å². The summed E-state index contributed by atoms with van der Waals surface area (Å²) in [6, 6.07) is 1.50. The number of nitrogens with one attached hydrogen (secondary N) is 1. The Labute approximate surface area is 120 Å². The van der Waals surface area contributed by atoms with Crippen LogP contribution in [0.15, 0.2) is 10.3 Å². The minimum atomic E-state index is -4.37. The monoisotopic (exact) mass is 330 g/mol. The maximum atomic E-state index is 12.2. The number of hydrogen-bond donors (Lipinski definition) is 1. The van der Waals surface area contributed by atoms with Crippen LogP contribution in [0.25, 0.3) is 0 Å². The summed E-state index contributed by atoms with van der Waals surface area (Å²) in [7, 11) is -0.958. The maximum Gasteiger partial charge on any atom is 0.390 e. The number of aryl methyl sites for hydroxylation is 1. The van der Waals surface area contributed by atoms with Crippen molar-refractivity contribution < 1.29 is 21.6 Å². The lowest BCUT2D eigenvalue weighted by atomic mass is 10.3. The van der Waals surface area contributed by atoms with Gasteiger partial charge in [0.1, 0.15) is 4.21 Å². The first-order chi connectivity index (χ1) is 9.08. The van der Waals surface area contributed by atoms with E-state index in [2.05, 4.69) is 5.32 Å². The van der Waals surface area contributed by atoms with Crippen molar-refractivity contribution in [3.63, 3.8) is 0 Å². The molecule has 0 saturated heterocycles. The highest BCUT2D eigenvalue weighted by molar-refractivity contribution is 7.91. The Morgan fingerprint density at radius 2 is 2.00 bits per heavy atom. The van der Waals surface area contributed by atoms with Crippen molar-refractivity contribution in [2.24, 2.45) is 0 Å². The molecular formula is C11H17F3N2O2S2. The molecule has 1 heterocycles. The van der Waals surface area contributed by atoms with E-state index in [1.165, 1.54) is 6.07 Å². The van der Waals surface area contributed by atoms with Crippen molar-refractivity contribution in [1.82, 2.24) is 9.62 Å². The summed E-state index contributed by atoms with van der Waals surface area (Å²) in [5, 5.41) is 2.92. The SMILES string of the molecule is CNCc1sc(S(=O)(=O)N(C)CCC(F)(F)F)cc1C. The van der Waals surface area contributed by atoms with Gasteiger partial charge in [-0.3, -0.25) is 0 Å². The van der Waals surface area contributed by atoms with E-state index in [-0.39, 0.29) is 4.21 Å². The molecule has 0 atom stereocenters. The first-order valence-corrected chi connectivity index (χ1v) is 8.10. The van der Waals surface area contributed by atoms with Crippen LogP contribution >= 0.6 is 11.3 Å². The van der Waals surface area contributed by atoms with Crippen LogP contribution in [0.3, 0.4) is 0 Å². The molecule has 20 heavy (non-hydrogen) atoms. The van der Waals surface area contributed by atoms with Gasteiger partial charge in [-0.1, -0.05) is 0 Å². The fourth-order valence-electron chi connectivity index (χ4n) is 1.51. The predicted molar refractivity (Wildman–Crippen MR) is 72.3 cm³/mol.